The lowest BCUT2D eigenvalue weighted by Gasteiger charge is -2.37. The number of hydrogen-bond acceptors (Lipinski definition) is 5. The number of aromatic nitrogens is 3. The predicted molar refractivity (Wildman–Crippen MR) is 129 cm³/mol. The molecule has 0 bridgehead atoms. The molecule has 1 fully saturated rings. The van der Waals surface area contributed by atoms with Gasteiger partial charge in [0.15, 0.2) is 5.49 Å². The number of pyridine rings is 1. The van der Waals surface area contributed by atoms with Crippen LogP contribution in [-0.2, 0) is 23.6 Å². The summed E-state index contributed by atoms with van der Waals surface area (Å²) in [5, 5.41) is 12.0. The van der Waals surface area contributed by atoms with Crippen molar-refractivity contribution in [2.75, 3.05) is 13.1 Å². The normalized spacial score (nSPS) is 17.5. The van der Waals surface area contributed by atoms with Crippen molar-refractivity contribution in [1.29, 1.82) is 0 Å². The van der Waals surface area contributed by atoms with Gasteiger partial charge in [-0.2, -0.15) is 13.2 Å². The highest BCUT2D eigenvalue weighted by Crippen LogP contribution is 2.35. The third kappa shape index (κ3) is 4.74. The van der Waals surface area contributed by atoms with Crippen molar-refractivity contribution in [3.8, 4) is 0 Å². The number of aliphatic hydroxyl groups is 1. The van der Waals surface area contributed by atoms with E-state index in [4.69, 9.17) is 4.99 Å². The number of nitrogens with zero attached hydrogens (tertiary/aromatic N) is 5. The van der Waals surface area contributed by atoms with E-state index in [0.717, 1.165) is 11.6 Å². The second-order valence-electron chi connectivity index (χ2n) is 9.49. The zero-order valence-electron chi connectivity index (χ0n) is 21.0. The van der Waals surface area contributed by atoms with Gasteiger partial charge in [-0.15, -0.1) is 0 Å². The van der Waals surface area contributed by atoms with E-state index in [1.807, 2.05) is 18.5 Å². The minimum Gasteiger partial charge on any atom is -0.383 e. The van der Waals surface area contributed by atoms with Crippen molar-refractivity contribution in [2.24, 2.45) is 12.0 Å². The Morgan fingerprint density at radius 2 is 1.89 bits per heavy atom. The minimum absolute atomic E-state index is 0.0322. The monoisotopic (exact) mass is 501 g/mol. The molecular formula is C26H30F3N5O2. The average molecular weight is 502 g/mol. The number of carbonyl (C=O) groups is 1. The minimum atomic E-state index is -4.45. The van der Waals surface area contributed by atoms with E-state index in [-0.39, 0.29) is 11.5 Å². The van der Waals surface area contributed by atoms with E-state index in [0.29, 0.717) is 53.9 Å². The number of fused-ring (bicyclic) bond motifs is 1. The Morgan fingerprint density at radius 1 is 1.22 bits per heavy atom. The molecular weight excluding hydrogens is 471 g/mol. The molecule has 3 aromatic rings. The van der Waals surface area contributed by atoms with Crippen LogP contribution in [0.3, 0.4) is 0 Å². The topological polar surface area (TPSA) is 83.6 Å². The van der Waals surface area contributed by atoms with E-state index in [9.17, 15) is 23.1 Å². The van der Waals surface area contributed by atoms with E-state index in [2.05, 4.69) is 9.97 Å². The molecule has 2 aromatic heterocycles. The van der Waals surface area contributed by atoms with Gasteiger partial charge in [-0.1, -0.05) is 12.1 Å². The van der Waals surface area contributed by atoms with Gasteiger partial charge in [-0.25, -0.2) is 4.98 Å². The van der Waals surface area contributed by atoms with Crippen LogP contribution in [-0.4, -0.2) is 43.5 Å². The Hall–Kier alpha value is -3.27. The van der Waals surface area contributed by atoms with E-state index in [1.165, 1.54) is 19.9 Å². The zero-order valence-corrected chi connectivity index (χ0v) is 21.0. The Morgan fingerprint density at radius 3 is 2.50 bits per heavy atom. The largest absolute Gasteiger partial charge is 0.416 e. The molecule has 1 N–H and O–H groups in total. The Kier molecular flexibility index (Phi) is 6.68. The summed E-state index contributed by atoms with van der Waals surface area (Å²) in [6, 6.07) is 5.28. The second kappa shape index (κ2) is 9.31. The number of alkyl halides is 3. The van der Waals surface area contributed by atoms with Crippen LogP contribution in [0.4, 0.5) is 13.2 Å². The van der Waals surface area contributed by atoms with Gasteiger partial charge in [0.1, 0.15) is 11.4 Å². The highest BCUT2D eigenvalue weighted by atomic mass is 19.4. The van der Waals surface area contributed by atoms with Crippen molar-refractivity contribution in [3.63, 3.8) is 0 Å². The number of rotatable bonds is 3. The number of piperidine rings is 1. The predicted octanol–water partition coefficient (Wildman–Crippen LogP) is 4.10. The van der Waals surface area contributed by atoms with Crippen molar-refractivity contribution in [1.82, 2.24) is 19.4 Å². The zero-order chi connectivity index (χ0) is 26.4. The first kappa shape index (κ1) is 25.8. The fourth-order valence-electron chi connectivity index (χ4n) is 4.82. The van der Waals surface area contributed by atoms with Crippen molar-refractivity contribution in [2.45, 2.75) is 58.4 Å². The van der Waals surface area contributed by atoms with E-state index in [1.54, 1.807) is 30.2 Å². The van der Waals surface area contributed by atoms with E-state index < -0.39 is 23.4 Å². The maximum Gasteiger partial charge on any atom is 0.416 e. The molecule has 4 rings (SSSR count). The molecule has 0 saturated carbocycles. The summed E-state index contributed by atoms with van der Waals surface area (Å²) in [6.45, 7) is 7.37. The SMILES string of the molecule is CC(=O)N1CCC(O)(c2cc3c(=NC(C)c4cccc(C(F)(F)F)c4C)nc(C)n(C)c3cn2)CC1. The Labute approximate surface area is 207 Å². The molecule has 1 aliphatic rings. The lowest BCUT2D eigenvalue weighted by molar-refractivity contribution is -0.138. The molecule has 0 spiro atoms. The van der Waals surface area contributed by atoms with E-state index >= 15 is 0 Å². The van der Waals surface area contributed by atoms with Gasteiger partial charge < -0.3 is 14.6 Å². The number of carbonyl (C=O) groups excluding carboxylic acids is 1. The molecule has 1 atom stereocenters. The van der Waals surface area contributed by atoms with Crippen LogP contribution in [0.15, 0.2) is 35.5 Å². The summed E-state index contributed by atoms with van der Waals surface area (Å²) in [5.74, 6) is 0.632. The van der Waals surface area contributed by atoms with Gasteiger partial charge in [0.05, 0.1) is 29.0 Å². The average Bonchev–Trinajstić information content (AvgIpc) is 2.81. The number of benzene rings is 1. The van der Waals surface area contributed by atoms with Crippen LogP contribution in [0.5, 0.6) is 0 Å². The summed E-state index contributed by atoms with van der Waals surface area (Å²) in [6.07, 6.45) is -2.09. The first-order chi connectivity index (χ1) is 16.8. The highest BCUT2D eigenvalue weighted by Gasteiger charge is 2.36. The molecule has 3 heterocycles. The third-order valence-electron chi connectivity index (χ3n) is 7.20. The van der Waals surface area contributed by atoms with Crippen molar-refractivity contribution in [3.05, 3.63) is 64.2 Å². The lowest BCUT2D eigenvalue weighted by Crippen LogP contribution is -2.44. The summed E-state index contributed by atoms with van der Waals surface area (Å²) in [5.41, 5.74) is 0.294. The molecule has 36 heavy (non-hydrogen) atoms. The van der Waals surface area contributed by atoms with Gasteiger partial charge in [0.2, 0.25) is 5.91 Å². The molecule has 192 valence electrons. The fraction of sp³-hybridized carbons (Fsp3) is 0.462. The van der Waals surface area contributed by atoms with Crippen LogP contribution < -0.4 is 5.49 Å². The smallest absolute Gasteiger partial charge is 0.383 e. The van der Waals surface area contributed by atoms with Gasteiger partial charge in [-0.05, 0) is 56.9 Å². The molecule has 1 aliphatic heterocycles. The van der Waals surface area contributed by atoms with Crippen LogP contribution >= 0.6 is 0 Å². The standard InChI is InChI=1S/C26H30F3N5O2/c1-15-19(7-6-8-21(15)26(27,28)29)16(2)31-24-20-13-23(30-14-22(20)33(5)17(3)32-24)25(36)9-11-34(12-10-25)18(4)35/h6-8,13-14,16,36H,9-12H2,1-5H3. The molecule has 0 radical (unpaired) electrons. The number of hydrogen-bond donors (Lipinski definition) is 1. The first-order valence-corrected chi connectivity index (χ1v) is 11.8. The van der Waals surface area contributed by atoms with Crippen LogP contribution in [0.25, 0.3) is 10.9 Å². The second-order valence-corrected chi connectivity index (χ2v) is 9.49. The molecule has 0 aliphatic carbocycles. The quantitative estimate of drug-likeness (QED) is 0.586. The van der Waals surface area contributed by atoms with Gasteiger partial charge in [0, 0.05) is 32.4 Å². The molecule has 1 amide bonds. The number of aryl methyl sites for hydroxylation is 2. The molecule has 1 unspecified atom stereocenters. The van der Waals surface area contributed by atoms with Crippen LogP contribution in [0.1, 0.15) is 60.9 Å². The lowest BCUT2D eigenvalue weighted by atomic mass is 9.87. The Bertz CT molecular complexity index is 1390. The summed E-state index contributed by atoms with van der Waals surface area (Å²) < 4.78 is 42.2. The summed E-state index contributed by atoms with van der Waals surface area (Å²) >= 11 is 0. The molecule has 1 saturated heterocycles. The maximum atomic E-state index is 13.5. The highest BCUT2D eigenvalue weighted by molar-refractivity contribution is 5.78. The number of amides is 1. The molecule has 1 aromatic carbocycles. The number of likely N-dealkylation sites (tertiary alicyclic amines) is 1. The van der Waals surface area contributed by atoms with Gasteiger partial charge in [0.25, 0.3) is 0 Å². The van der Waals surface area contributed by atoms with Crippen LogP contribution in [0, 0.1) is 13.8 Å². The molecule has 10 heteroatoms. The van der Waals surface area contributed by atoms with Crippen molar-refractivity contribution >= 4 is 16.8 Å². The maximum absolute atomic E-state index is 13.5. The van der Waals surface area contributed by atoms with Crippen LogP contribution in [0.2, 0.25) is 0 Å². The first-order valence-electron chi connectivity index (χ1n) is 11.8. The molecule has 7 nitrogen and oxygen atoms in total. The fourth-order valence-corrected chi connectivity index (χ4v) is 4.82. The van der Waals surface area contributed by atoms with Crippen molar-refractivity contribution < 1.29 is 23.1 Å². The van der Waals surface area contributed by atoms with Gasteiger partial charge >= 0.3 is 6.18 Å². The summed E-state index contributed by atoms with van der Waals surface area (Å²) in [4.78, 5) is 27.3. The number of halogens is 3. The summed E-state index contributed by atoms with van der Waals surface area (Å²) in [7, 11) is 1.84. The Balaban J connectivity index is 1.82. The van der Waals surface area contributed by atoms with Gasteiger partial charge in [-0.3, -0.25) is 14.8 Å². The third-order valence-corrected chi connectivity index (χ3v) is 7.20.